The van der Waals surface area contributed by atoms with Crippen LogP contribution in [-0.2, 0) is 6.54 Å². The SMILES string of the molecule is CCCn1ncc(OC)c1C(=O)CC(N)C(C)(C)C. The normalized spacial score (nSPS) is 13.4. The highest BCUT2D eigenvalue weighted by molar-refractivity contribution is 5.97. The number of nitrogens with zero attached hydrogens (tertiary/aromatic N) is 2. The van der Waals surface area contributed by atoms with Gasteiger partial charge in [0.2, 0.25) is 0 Å². The van der Waals surface area contributed by atoms with Crippen LogP contribution in [-0.4, -0.2) is 28.7 Å². The number of rotatable bonds is 6. The van der Waals surface area contributed by atoms with E-state index < -0.39 is 0 Å². The van der Waals surface area contributed by atoms with Crippen LogP contribution in [0.4, 0.5) is 0 Å². The lowest BCUT2D eigenvalue weighted by Crippen LogP contribution is -2.37. The fourth-order valence-electron chi connectivity index (χ4n) is 1.78. The molecule has 5 heteroatoms. The lowest BCUT2D eigenvalue weighted by Gasteiger charge is -2.26. The van der Waals surface area contributed by atoms with Gasteiger partial charge in [-0.25, -0.2) is 0 Å². The lowest BCUT2D eigenvalue weighted by molar-refractivity contribution is 0.0939. The standard InChI is InChI=1S/C14H25N3O2/c1-6-7-17-13(11(19-5)9-16-17)10(18)8-12(15)14(2,3)4/h9,12H,6-8,15H2,1-5H3. The number of hydrogen-bond acceptors (Lipinski definition) is 4. The number of aromatic nitrogens is 2. The summed E-state index contributed by atoms with van der Waals surface area (Å²) >= 11 is 0. The third-order valence-electron chi connectivity index (χ3n) is 3.24. The summed E-state index contributed by atoms with van der Waals surface area (Å²) in [6, 6.07) is -0.185. The van der Waals surface area contributed by atoms with E-state index in [0.29, 0.717) is 24.4 Å². The minimum Gasteiger partial charge on any atom is -0.493 e. The van der Waals surface area contributed by atoms with Gasteiger partial charge in [-0.05, 0) is 11.8 Å². The van der Waals surface area contributed by atoms with Crippen LogP contribution in [0.5, 0.6) is 5.75 Å². The van der Waals surface area contributed by atoms with Gasteiger partial charge in [-0.3, -0.25) is 9.48 Å². The summed E-state index contributed by atoms with van der Waals surface area (Å²) in [5, 5.41) is 4.20. The molecule has 0 aliphatic carbocycles. The molecular formula is C14H25N3O2. The fraction of sp³-hybridized carbons (Fsp3) is 0.714. The van der Waals surface area contributed by atoms with Crippen molar-refractivity contribution < 1.29 is 9.53 Å². The highest BCUT2D eigenvalue weighted by Gasteiger charge is 2.27. The molecule has 1 unspecified atom stereocenters. The molecule has 19 heavy (non-hydrogen) atoms. The summed E-state index contributed by atoms with van der Waals surface area (Å²) in [7, 11) is 1.55. The quantitative estimate of drug-likeness (QED) is 0.802. The molecule has 0 saturated carbocycles. The van der Waals surface area contributed by atoms with Crippen LogP contribution in [0, 0.1) is 5.41 Å². The molecule has 1 rings (SSSR count). The molecule has 0 aliphatic rings. The van der Waals surface area contributed by atoms with Crippen LogP contribution in [0.2, 0.25) is 0 Å². The van der Waals surface area contributed by atoms with Crippen LogP contribution in [0.1, 0.15) is 51.0 Å². The monoisotopic (exact) mass is 267 g/mol. The van der Waals surface area contributed by atoms with Gasteiger partial charge in [-0.1, -0.05) is 27.7 Å². The number of ether oxygens (including phenoxy) is 1. The summed E-state index contributed by atoms with van der Waals surface area (Å²) in [6.45, 7) is 8.85. The predicted octanol–water partition coefficient (Wildman–Crippen LogP) is 2.25. The van der Waals surface area contributed by atoms with E-state index >= 15 is 0 Å². The second-order valence-corrected chi connectivity index (χ2v) is 5.88. The Labute approximate surface area is 115 Å². The Morgan fingerprint density at radius 1 is 1.53 bits per heavy atom. The summed E-state index contributed by atoms with van der Waals surface area (Å²) in [5.74, 6) is 0.518. The van der Waals surface area contributed by atoms with E-state index in [9.17, 15) is 4.79 Å². The zero-order valence-electron chi connectivity index (χ0n) is 12.6. The zero-order valence-corrected chi connectivity index (χ0v) is 12.6. The van der Waals surface area contributed by atoms with E-state index in [1.165, 1.54) is 0 Å². The van der Waals surface area contributed by atoms with E-state index in [1.807, 2.05) is 27.7 Å². The number of ketones is 1. The molecule has 0 spiro atoms. The minimum atomic E-state index is -0.185. The predicted molar refractivity (Wildman–Crippen MR) is 75.4 cm³/mol. The molecule has 0 aromatic carbocycles. The topological polar surface area (TPSA) is 70.1 Å². The van der Waals surface area contributed by atoms with Gasteiger partial charge in [0.05, 0.1) is 13.3 Å². The molecular weight excluding hydrogens is 242 g/mol. The summed E-state index contributed by atoms with van der Waals surface area (Å²) in [5.41, 5.74) is 6.51. The largest absolute Gasteiger partial charge is 0.493 e. The summed E-state index contributed by atoms with van der Waals surface area (Å²) < 4.78 is 6.92. The number of carbonyl (C=O) groups excluding carboxylic acids is 1. The molecule has 0 aliphatic heterocycles. The Kier molecular flexibility index (Phi) is 5.11. The fourth-order valence-corrected chi connectivity index (χ4v) is 1.78. The average molecular weight is 267 g/mol. The van der Waals surface area contributed by atoms with Crippen LogP contribution in [0.3, 0.4) is 0 Å². The van der Waals surface area contributed by atoms with E-state index in [0.717, 1.165) is 6.42 Å². The van der Waals surface area contributed by atoms with E-state index in [-0.39, 0.29) is 17.2 Å². The van der Waals surface area contributed by atoms with Crippen molar-refractivity contribution in [1.82, 2.24) is 9.78 Å². The van der Waals surface area contributed by atoms with Gasteiger partial charge < -0.3 is 10.5 Å². The Morgan fingerprint density at radius 3 is 2.63 bits per heavy atom. The number of aryl methyl sites for hydroxylation is 1. The van der Waals surface area contributed by atoms with E-state index in [1.54, 1.807) is 18.0 Å². The highest BCUT2D eigenvalue weighted by Crippen LogP contribution is 2.25. The van der Waals surface area contributed by atoms with E-state index in [2.05, 4.69) is 5.10 Å². The Bertz CT molecular complexity index is 432. The van der Waals surface area contributed by atoms with Crippen LogP contribution >= 0.6 is 0 Å². The number of Topliss-reactive ketones (excluding diaryl/α,β-unsaturated/α-hetero) is 1. The number of nitrogens with two attached hydrogens (primary N) is 1. The molecule has 1 aromatic heterocycles. The summed E-state index contributed by atoms with van der Waals surface area (Å²) in [4.78, 5) is 12.4. The molecule has 5 nitrogen and oxygen atoms in total. The first-order valence-corrected chi connectivity index (χ1v) is 6.69. The third kappa shape index (κ3) is 3.80. The van der Waals surface area contributed by atoms with Crippen molar-refractivity contribution in [1.29, 1.82) is 0 Å². The van der Waals surface area contributed by atoms with Crippen molar-refractivity contribution in [3.8, 4) is 5.75 Å². The molecule has 0 bridgehead atoms. The molecule has 1 aromatic rings. The number of methoxy groups -OCH3 is 1. The molecule has 2 N–H and O–H groups in total. The average Bonchev–Trinajstić information content (AvgIpc) is 2.71. The first-order valence-electron chi connectivity index (χ1n) is 6.69. The molecule has 1 atom stereocenters. The van der Waals surface area contributed by atoms with Gasteiger partial charge in [-0.2, -0.15) is 5.10 Å². The molecule has 0 fully saturated rings. The van der Waals surface area contributed by atoms with Gasteiger partial charge in [0.1, 0.15) is 5.69 Å². The van der Waals surface area contributed by atoms with Crippen molar-refractivity contribution in [3.05, 3.63) is 11.9 Å². The number of carbonyl (C=O) groups is 1. The second-order valence-electron chi connectivity index (χ2n) is 5.88. The van der Waals surface area contributed by atoms with Crippen molar-refractivity contribution in [2.75, 3.05) is 7.11 Å². The van der Waals surface area contributed by atoms with Crippen LogP contribution in [0.15, 0.2) is 6.20 Å². The smallest absolute Gasteiger partial charge is 0.186 e. The Balaban J connectivity index is 2.95. The van der Waals surface area contributed by atoms with E-state index in [4.69, 9.17) is 10.5 Å². The second kappa shape index (κ2) is 6.19. The van der Waals surface area contributed by atoms with Crippen molar-refractivity contribution in [2.45, 2.75) is 53.1 Å². The first-order chi connectivity index (χ1) is 8.81. The van der Waals surface area contributed by atoms with Crippen LogP contribution < -0.4 is 10.5 Å². The van der Waals surface area contributed by atoms with Crippen molar-refractivity contribution in [3.63, 3.8) is 0 Å². The molecule has 0 saturated heterocycles. The minimum absolute atomic E-state index is 0.00905. The third-order valence-corrected chi connectivity index (χ3v) is 3.24. The van der Waals surface area contributed by atoms with Crippen molar-refractivity contribution >= 4 is 5.78 Å². The molecule has 0 amide bonds. The maximum Gasteiger partial charge on any atom is 0.186 e. The van der Waals surface area contributed by atoms with Gasteiger partial charge in [0, 0.05) is 19.0 Å². The summed E-state index contributed by atoms with van der Waals surface area (Å²) in [6.07, 6.45) is 2.80. The van der Waals surface area contributed by atoms with Crippen molar-refractivity contribution in [2.24, 2.45) is 11.1 Å². The molecule has 108 valence electrons. The van der Waals surface area contributed by atoms with Crippen LogP contribution in [0.25, 0.3) is 0 Å². The number of hydrogen-bond donors (Lipinski definition) is 1. The van der Waals surface area contributed by atoms with Gasteiger partial charge >= 0.3 is 0 Å². The Morgan fingerprint density at radius 2 is 2.16 bits per heavy atom. The molecule has 0 radical (unpaired) electrons. The van der Waals surface area contributed by atoms with Gasteiger partial charge in [-0.15, -0.1) is 0 Å². The lowest BCUT2D eigenvalue weighted by atomic mass is 9.84. The maximum atomic E-state index is 12.4. The Hall–Kier alpha value is -1.36. The van der Waals surface area contributed by atoms with Gasteiger partial charge in [0.15, 0.2) is 11.5 Å². The maximum absolute atomic E-state index is 12.4. The first kappa shape index (κ1) is 15.7. The zero-order chi connectivity index (χ0) is 14.6. The van der Waals surface area contributed by atoms with Gasteiger partial charge in [0.25, 0.3) is 0 Å². The molecule has 1 heterocycles. The highest BCUT2D eigenvalue weighted by atomic mass is 16.5.